The number of hydrogen-bond acceptors (Lipinski definition) is 5. The predicted molar refractivity (Wildman–Crippen MR) is 68.8 cm³/mol. The van der Waals surface area contributed by atoms with Gasteiger partial charge in [0.2, 0.25) is 0 Å². The van der Waals surface area contributed by atoms with E-state index >= 15 is 0 Å². The highest BCUT2D eigenvalue weighted by Crippen LogP contribution is 2.31. The summed E-state index contributed by atoms with van der Waals surface area (Å²) < 4.78 is 4.89. The van der Waals surface area contributed by atoms with Crippen LogP contribution in [0.5, 0.6) is 5.75 Å². The van der Waals surface area contributed by atoms with Crippen molar-refractivity contribution >= 4 is 17.8 Å². The second-order valence-corrected chi connectivity index (χ2v) is 4.76. The van der Waals surface area contributed by atoms with Crippen LogP contribution in [0.4, 0.5) is 0 Å². The van der Waals surface area contributed by atoms with E-state index in [9.17, 15) is 9.90 Å². The molecule has 18 heavy (non-hydrogen) atoms. The van der Waals surface area contributed by atoms with Gasteiger partial charge in [0.1, 0.15) is 12.4 Å². The van der Waals surface area contributed by atoms with Gasteiger partial charge >= 0.3 is 0 Å². The summed E-state index contributed by atoms with van der Waals surface area (Å²) in [5.41, 5.74) is 3.70. The molecule has 1 atom stereocenters. The maximum absolute atomic E-state index is 10.4. The fourth-order valence-electron chi connectivity index (χ4n) is 1.81. The summed E-state index contributed by atoms with van der Waals surface area (Å²) in [6.07, 6.45) is 0. The van der Waals surface area contributed by atoms with Gasteiger partial charge in [0.05, 0.1) is 17.1 Å². The average Bonchev–Trinajstić information content (AvgIpc) is 2.78. The first-order chi connectivity index (χ1) is 8.72. The number of ether oxygens (including phenoxy) is 1. The minimum absolute atomic E-state index is 0.0386. The molecular weight excluding hydrogens is 250 g/mol. The number of aromatic hydroxyl groups is 1. The number of carbonyl (C=O) groups is 1. The topological polar surface area (TPSA) is 59.4 Å². The summed E-state index contributed by atoms with van der Waals surface area (Å²) >= 11 is 1.54. The molecule has 1 heterocycles. The second-order valence-electron chi connectivity index (χ2n) is 3.88. The molecule has 2 aromatic rings. The van der Waals surface area contributed by atoms with Crippen molar-refractivity contribution in [1.82, 2.24) is 4.98 Å². The van der Waals surface area contributed by atoms with Crippen LogP contribution in [0.15, 0.2) is 29.8 Å². The van der Waals surface area contributed by atoms with E-state index in [0.717, 1.165) is 16.1 Å². The fourth-order valence-corrected chi connectivity index (χ4v) is 2.73. The van der Waals surface area contributed by atoms with Crippen molar-refractivity contribution in [1.29, 1.82) is 0 Å². The fraction of sp³-hybridized carbons (Fsp3) is 0.231. The number of thiazole rings is 1. The Hall–Kier alpha value is -1.88. The van der Waals surface area contributed by atoms with Gasteiger partial charge in [-0.15, -0.1) is 11.3 Å². The molecule has 1 N–H and O–H groups in total. The van der Waals surface area contributed by atoms with E-state index in [1.165, 1.54) is 11.3 Å². The van der Waals surface area contributed by atoms with E-state index in [4.69, 9.17) is 4.74 Å². The first kappa shape index (κ1) is 12.6. The monoisotopic (exact) mass is 263 g/mol. The molecule has 1 aromatic heterocycles. The van der Waals surface area contributed by atoms with Crippen molar-refractivity contribution in [2.24, 2.45) is 0 Å². The summed E-state index contributed by atoms with van der Waals surface area (Å²) in [5.74, 6) is 0.179. The first-order valence-electron chi connectivity index (χ1n) is 5.46. The summed E-state index contributed by atoms with van der Waals surface area (Å²) in [7, 11) is 0. The van der Waals surface area contributed by atoms with E-state index in [1.54, 1.807) is 17.6 Å². The third-order valence-corrected chi connectivity index (χ3v) is 3.77. The van der Waals surface area contributed by atoms with Crippen molar-refractivity contribution in [3.05, 3.63) is 45.9 Å². The molecule has 0 bridgehead atoms. The zero-order chi connectivity index (χ0) is 13.0. The molecule has 0 saturated heterocycles. The van der Waals surface area contributed by atoms with E-state index in [1.807, 2.05) is 19.1 Å². The number of phenols is 1. The highest BCUT2D eigenvalue weighted by molar-refractivity contribution is 7.09. The number of carbonyl (C=O) groups excluding carboxylic acids is 1. The normalized spacial score (nSPS) is 12.1. The van der Waals surface area contributed by atoms with Crippen molar-refractivity contribution < 1.29 is 14.6 Å². The van der Waals surface area contributed by atoms with E-state index in [2.05, 4.69) is 4.98 Å². The molecule has 0 fully saturated rings. The van der Waals surface area contributed by atoms with E-state index in [-0.39, 0.29) is 18.3 Å². The molecule has 0 radical (unpaired) electrons. The van der Waals surface area contributed by atoms with Gasteiger partial charge in [-0.3, -0.25) is 4.79 Å². The quantitative estimate of drug-likeness (QED) is 0.842. The van der Waals surface area contributed by atoms with Gasteiger partial charge in [-0.25, -0.2) is 4.98 Å². The second kappa shape index (κ2) is 5.64. The third kappa shape index (κ3) is 2.68. The number of rotatable bonds is 5. The molecule has 0 aliphatic heterocycles. The van der Waals surface area contributed by atoms with Gasteiger partial charge < -0.3 is 9.84 Å². The molecule has 0 aliphatic carbocycles. The highest BCUT2D eigenvalue weighted by Gasteiger charge is 2.19. The maximum atomic E-state index is 10.4. The lowest BCUT2D eigenvalue weighted by Crippen LogP contribution is -2.09. The van der Waals surface area contributed by atoms with Gasteiger partial charge in [-0.1, -0.05) is 12.1 Å². The molecule has 2 rings (SSSR count). The van der Waals surface area contributed by atoms with Crippen molar-refractivity contribution in [3.8, 4) is 5.75 Å². The molecule has 0 aliphatic rings. The molecule has 4 nitrogen and oxygen atoms in total. The molecule has 94 valence electrons. The summed E-state index contributed by atoms with van der Waals surface area (Å²) in [6, 6.07) is 6.90. The van der Waals surface area contributed by atoms with Gasteiger partial charge in [0.25, 0.3) is 6.47 Å². The first-order valence-corrected chi connectivity index (χ1v) is 6.34. The Morgan fingerprint density at radius 3 is 2.72 bits per heavy atom. The SMILES string of the molecule is Cc1ncsc1C(COC=O)c1ccc(O)cc1. The Bertz CT molecular complexity index is 521. The highest BCUT2D eigenvalue weighted by atomic mass is 32.1. The zero-order valence-corrected chi connectivity index (χ0v) is 10.7. The minimum Gasteiger partial charge on any atom is -0.508 e. The Labute approximate surface area is 109 Å². The number of aryl methyl sites for hydroxylation is 1. The van der Waals surface area contributed by atoms with Crippen LogP contribution in [-0.4, -0.2) is 23.2 Å². The lowest BCUT2D eigenvalue weighted by molar-refractivity contribution is -0.128. The number of nitrogens with zero attached hydrogens (tertiary/aromatic N) is 1. The van der Waals surface area contributed by atoms with E-state index in [0.29, 0.717) is 6.47 Å². The van der Waals surface area contributed by atoms with Gasteiger partial charge in [0, 0.05) is 4.88 Å². The smallest absolute Gasteiger partial charge is 0.293 e. The minimum atomic E-state index is -0.0386. The predicted octanol–water partition coefficient (Wildman–Crippen LogP) is 2.46. The van der Waals surface area contributed by atoms with Crippen molar-refractivity contribution in [2.75, 3.05) is 6.61 Å². The van der Waals surface area contributed by atoms with Crippen molar-refractivity contribution in [2.45, 2.75) is 12.8 Å². The van der Waals surface area contributed by atoms with Crippen LogP contribution in [-0.2, 0) is 9.53 Å². The van der Waals surface area contributed by atoms with Crippen LogP contribution in [0.3, 0.4) is 0 Å². The maximum Gasteiger partial charge on any atom is 0.293 e. The third-order valence-electron chi connectivity index (χ3n) is 2.73. The van der Waals surface area contributed by atoms with Crippen LogP contribution in [0.2, 0.25) is 0 Å². The Morgan fingerprint density at radius 2 is 2.17 bits per heavy atom. The van der Waals surface area contributed by atoms with Gasteiger partial charge in [0.15, 0.2) is 0 Å². The summed E-state index contributed by atoms with van der Waals surface area (Å²) in [6.45, 7) is 2.65. The van der Waals surface area contributed by atoms with Crippen LogP contribution in [0, 0.1) is 6.92 Å². The van der Waals surface area contributed by atoms with Gasteiger partial charge in [-0.05, 0) is 24.6 Å². The Kier molecular flexibility index (Phi) is 3.94. The lowest BCUT2D eigenvalue weighted by Gasteiger charge is -2.15. The molecule has 5 heteroatoms. The van der Waals surface area contributed by atoms with E-state index < -0.39 is 0 Å². The van der Waals surface area contributed by atoms with Crippen molar-refractivity contribution in [3.63, 3.8) is 0 Å². The standard InChI is InChI=1S/C13H13NO3S/c1-9-13(18-7-14-9)12(6-17-8-15)10-2-4-11(16)5-3-10/h2-5,7-8,12,16H,6H2,1H3. The molecule has 1 aromatic carbocycles. The average molecular weight is 263 g/mol. The number of aromatic nitrogens is 1. The molecule has 0 saturated carbocycles. The largest absolute Gasteiger partial charge is 0.508 e. The van der Waals surface area contributed by atoms with Crippen LogP contribution in [0.1, 0.15) is 22.1 Å². The lowest BCUT2D eigenvalue weighted by atomic mass is 9.97. The number of hydrogen-bond donors (Lipinski definition) is 1. The number of phenolic OH excluding ortho intramolecular Hbond substituents is 1. The van der Waals surface area contributed by atoms with Crippen LogP contribution < -0.4 is 0 Å². The molecule has 1 unspecified atom stereocenters. The number of benzene rings is 1. The molecule has 0 amide bonds. The van der Waals surface area contributed by atoms with Crippen LogP contribution >= 0.6 is 11.3 Å². The summed E-state index contributed by atoms with van der Waals surface area (Å²) in [4.78, 5) is 15.7. The molecule has 0 spiro atoms. The molecular formula is C13H13NO3S. The van der Waals surface area contributed by atoms with Crippen LogP contribution in [0.25, 0.3) is 0 Å². The summed E-state index contributed by atoms with van der Waals surface area (Å²) in [5, 5.41) is 9.30. The van der Waals surface area contributed by atoms with Gasteiger partial charge in [-0.2, -0.15) is 0 Å². The Balaban J connectivity index is 2.33. The zero-order valence-electron chi connectivity index (χ0n) is 9.87. The Morgan fingerprint density at radius 1 is 1.44 bits per heavy atom.